The van der Waals surface area contributed by atoms with Crippen molar-refractivity contribution in [2.24, 2.45) is 0 Å². The molecule has 0 aliphatic carbocycles. The van der Waals surface area contributed by atoms with Gasteiger partial charge in [-0.3, -0.25) is 9.59 Å². The van der Waals surface area contributed by atoms with Crippen LogP contribution < -0.4 is 15.4 Å². The smallest absolute Gasteiger partial charge is 0.408 e. The summed E-state index contributed by atoms with van der Waals surface area (Å²) in [7, 11) is 1.27. The highest BCUT2D eigenvalue weighted by Crippen LogP contribution is 2.38. The minimum atomic E-state index is -0.878. The molecule has 0 spiro atoms. The normalized spacial score (nSPS) is 21.8. The van der Waals surface area contributed by atoms with E-state index >= 15 is 0 Å². The zero-order valence-corrected chi connectivity index (χ0v) is 34.7. The lowest BCUT2D eigenvalue weighted by Crippen LogP contribution is -2.50. The molecule has 0 unspecified atom stereocenters. The SMILES string of the molecule is COC(=O)N[C@H]1COCCCCOc2cc(-c3ccc(-c4cnc([C@@H]5CCCN5C(=O)[C@H](C)NC(=O)OC5CCOCC5)[nH]4)cc3)ccc2-c2cnc([nH]2)[C@@H]2CCCN2C1=O. The van der Waals surface area contributed by atoms with Crippen molar-refractivity contribution in [2.45, 2.75) is 88.6 Å². The predicted molar refractivity (Wildman–Crippen MR) is 222 cm³/mol. The van der Waals surface area contributed by atoms with Crippen molar-refractivity contribution in [3.8, 4) is 39.4 Å². The van der Waals surface area contributed by atoms with Gasteiger partial charge in [-0.2, -0.15) is 0 Å². The number of hydrogen-bond donors (Lipinski definition) is 4. The number of aromatic nitrogens is 4. The maximum absolute atomic E-state index is 13.7. The van der Waals surface area contributed by atoms with Crippen LogP contribution in [0.1, 0.15) is 82.0 Å². The second kappa shape index (κ2) is 19.2. The Morgan fingerprint density at radius 1 is 0.787 bits per heavy atom. The molecule has 17 nitrogen and oxygen atoms in total. The number of H-pyrrole nitrogens is 2. The van der Waals surface area contributed by atoms with E-state index < -0.39 is 24.3 Å². The molecule has 2 aromatic carbocycles. The van der Waals surface area contributed by atoms with Crippen LogP contribution in [0.15, 0.2) is 54.9 Å². The van der Waals surface area contributed by atoms with E-state index in [-0.39, 0.29) is 36.6 Å². The number of methoxy groups -OCH3 is 1. The number of nitrogens with zero attached hydrogens (tertiary/aromatic N) is 4. The van der Waals surface area contributed by atoms with E-state index in [9.17, 15) is 19.2 Å². The minimum Gasteiger partial charge on any atom is -0.493 e. The van der Waals surface area contributed by atoms with Gasteiger partial charge in [-0.05, 0) is 74.3 Å². The highest BCUT2D eigenvalue weighted by atomic mass is 16.6. The lowest BCUT2D eigenvalue weighted by atomic mass is 10.00. The zero-order chi connectivity index (χ0) is 42.3. The van der Waals surface area contributed by atoms with Crippen LogP contribution in [0.25, 0.3) is 33.6 Å². The molecule has 0 radical (unpaired) electrons. The van der Waals surface area contributed by atoms with Crippen molar-refractivity contribution in [2.75, 3.05) is 53.2 Å². The molecule has 2 aromatic heterocycles. The summed E-state index contributed by atoms with van der Waals surface area (Å²) in [6.07, 6.45) is 7.93. The first-order chi connectivity index (χ1) is 29.7. The van der Waals surface area contributed by atoms with Crippen molar-refractivity contribution in [3.05, 3.63) is 66.5 Å². The number of imidazole rings is 2. The fraction of sp³-hybridized carbons (Fsp3) is 0.500. The van der Waals surface area contributed by atoms with Crippen LogP contribution in [0.5, 0.6) is 5.75 Å². The van der Waals surface area contributed by atoms with Crippen LogP contribution in [0, 0.1) is 0 Å². The lowest BCUT2D eigenvalue weighted by molar-refractivity contribution is -0.136. The van der Waals surface area contributed by atoms with E-state index in [4.69, 9.17) is 33.7 Å². The van der Waals surface area contributed by atoms with Crippen LogP contribution in [-0.2, 0) is 28.5 Å². The summed E-state index contributed by atoms with van der Waals surface area (Å²) in [5, 5.41) is 5.36. The van der Waals surface area contributed by atoms with Crippen molar-refractivity contribution < 1.29 is 42.9 Å². The van der Waals surface area contributed by atoms with Crippen LogP contribution in [0.2, 0.25) is 0 Å². The van der Waals surface area contributed by atoms with E-state index in [2.05, 4.69) is 38.8 Å². The Bertz CT molecular complexity index is 2170. The standard InChI is InChI=1S/C44H54N8O9/c1-27(47-44(56)61-31-15-21-58-22-16-31)41(53)51-17-5-7-36(51)39-45-24-33(48-39)29-11-9-28(10-12-29)30-13-14-32-34-25-46-40(49-34)37-8-6-18-52(37)42(54)35(50-43(55)57-2)26-59-19-3-4-20-60-38(32)23-30/h9-14,23-25,27,31,35-37H,3-8,15-22,26H2,1-2H3,(H,45,48)(H,46,49)(H,47,56)(H,50,55)/t27-,35-,36-,37-/m0/s1. The summed E-state index contributed by atoms with van der Waals surface area (Å²) >= 11 is 0. The van der Waals surface area contributed by atoms with Crippen LogP contribution in [0.4, 0.5) is 9.59 Å². The number of benzene rings is 2. The zero-order valence-electron chi connectivity index (χ0n) is 34.7. The molecule has 4 atom stereocenters. The van der Waals surface area contributed by atoms with Gasteiger partial charge in [-0.25, -0.2) is 19.6 Å². The molecular weight excluding hydrogens is 785 g/mol. The highest BCUT2D eigenvalue weighted by molar-refractivity contribution is 5.87. The maximum atomic E-state index is 13.7. The second-order valence-corrected chi connectivity index (χ2v) is 15.9. The first kappa shape index (κ1) is 41.8. The molecule has 4 aliphatic heterocycles. The van der Waals surface area contributed by atoms with Gasteiger partial charge in [-0.15, -0.1) is 0 Å². The van der Waals surface area contributed by atoms with E-state index in [1.807, 2.05) is 24.3 Å². The van der Waals surface area contributed by atoms with E-state index in [1.54, 1.807) is 29.1 Å². The molecule has 4 N–H and O–H groups in total. The van der Waals surface area contributed by atoms with Crippen molar-refractivity contribution in [1.29, 1.82) is 0 Å². The molecule has 8 rings (SSSR count). The molecule has 17 heteroatoms. The van der Waals surface area contributed by atoms with Crippen molar-refractivity contribution >= 4 is 24.0 Å². The Morgan fingerprint density at radius 2 is 1.48 bits per heavy atom. The predicted octanol–water partition coefficient (Wildman–Crippen LogP) is 5.67. The Kier molecular flexibility index (Phi) is 13.1. The van der Waals surface area contributed by atoms with Gasteiger partial charge in [0.25, 0.3) is 0 Å². The number of fused-ring (bicyclic) bond motifs is 6. The highest BCUT2D eigenvalue weighted by Gasteiger charge is 2.37. The molecule has 4 aromatic rings. The van der Waals surface area contributed by atoms with Gasteiger partial charge in [-0.1, -0.05) is 30.3 Å². The Balaban J connectivity index is 0.953. The summed E-state index contributed by atoms with van der Waals surface area (Å²) in [6, 6.07) is 12.2. The number of nitrogens with one attached hydrogen (secondary N) is 4. The second-order valence-electron chi connectivity index (χ2n) is 15.9. The molecule has 324 valence electrons. The van der Waals surface area contributed by atoms with Gasteiger partial charge in [0, 0.05) is 38.1 Å². The molecule has 4 amide bonds. The number of amides is 4. The quantitative estimate of drug-likeness (QED) is 0.179. The van der Waals surface area contributed by atoms with E-state index in [0.717, 1.165) is 59.3 Å². The molecule has 3 saturated heterocycles. The summed E-state index contributed by atoms with van der Waals surface area (Å²) in [5.41, 5.74) is 5.40. The van der Waals surface area contributed by atoms with E-state index in [0.29, 0.717) is 82.6 Å². The Hall–Kier alpha value is -5.94. The number of likely N-dealkylation sites (tertiary alicyclic amines) is 1. The van der Waals surface area contributed by atoms with Crippen molar-refractivity contribution in [1.82, 2.24) is 40.4 Å². The molecule has 3 fully saturated rings. The molecular formula is C44H54N8O9. The third kappa shape index (κ3) is 9.67. The van der Waals surface area contributed by atoms with Crippen LogP contribution in [0.3, 0.4) is 0 Å². The Morgan fingerprint density at radius 3 is 2.28 bits per heavy atom. The summed E-state index contributed by atoms with van der Waals surface area (Å²) < 4.78 is 27.9. The first-order valence-corrected chi connectivity index (χ1v) is 21.3. The molecule has 2 bridgehead atoms. The van der Waals surface area contributed by atoms with Gasteiger partial charge >= 0.3 is 12.2 Å². The fourth-order valence-electron chi connectivity index (χ4n) is 8.54. The third-order valence-electron chi connectivity index (χ3n) is 11.8. The van der Waals surface area contributed by atoms with Gasteiger partial charge in [0.1, 0.15) is 35.6 Å². The first-order valence-electron chi connectivity index (χ1n) is 21.3. The van der Waals surface area contributed by atoms with Crippen molar-refractivity contribution in [3.63, 3.8) is 0 Å². The van der Waals surface area contributed by atoms with Gasteiger partial charge in [0.15, 0.2) is 0 Å². The molecule has 6 heterocycles. The summed E-state index contributed by atoms with van der Waals surface area (Å²) in [5.74, 6) is 1.67. The average Bonchev–Trinajstić information content (AvgIpc) is 4.12. The third-order valence-corrected chi connectivity index (χ3v) is 11.8. The Labute approximate surface area is 354 Å². The van der Waals surface area contributed by atoms with Crippen LogP contribution in [-0.4, -0.2) is 125 Å². The van der Waals surface area contributed by atoms with Crippen LogP contribution >= 0.6 is 0 Å². The number of carbonyl (C=O) groups is 4. The number of alkyl carbamates (subject to hydrolysis) is 2. The monoisotopic (exact) mass is 838 g/mol. The summed E-state index contributed by atoms with van der Waals surface area (Å²) in [6.45, 7) is 4.80. The number of hydrogen-bond acceptors (Lipinski definition) is 11. The molecule has 61 heavy (non-hydrogen) atoms. The number of ether oxygens (including phenoxy) is 5. The topological polar surface area (TPSA) is 202 Å². The largest absolute Gasteiger partial charge is 0.493 e. The van der Waals surface area contributed by atoms with Gasteiger partial charge in [0.05, 0.1) is 69.4 Å². The maximum Gasteiger partial charge on any atom is 0.408 e. The average molecular weight is 839 g/mol. The van der Waals surface area contributed by atoms with Gasteiger partial charge < -0.3 is 54.1 Å². The number of aromatic amines is 2. The fourth-order valence-corrected chi connectivity index (χ4v) is 8.54. The molecule has 4 aliphatic rings. The van der Waals surface area contributed by atoms with E-state index in [1.165, 1.54) is 7.11 Å². The minimum absolute atomic E-state index is 0.0313. The lowest BCUT2D eigenvalue weighted by Gasteiger charge is -2.28. The number of carbonyl (C=O) groups excluding carboxylic acids is 4. The number of rotatable bonds is 7. The molecule has 0 saturated carbocycles. The summed E-state index contributed by atoms with van der Waals surface area (Å²) in [4.78, 5) is 71.8. The van der Waals surface area contributed by atoms with Gasteiger partial charge in [0.2, 0.25) is 11.8 Å².